The fraction of sp³-hybridized carbons (Fsp3) is 0.214. The van der Waals surface area contributed by atoms with Gasteiger partial charge in [-0.3, -0.25) is 4.79 Å². The van der Waals surface area contributed by atoms with E-state index in [2.05, 4.69) is 15.9 Å². The fourth-order valence-electron chi connectivity index (χ4n) is 1.79. The average molecular weight is 325 g/mol. The van der Waals surface area contributed by atoms with Crippen molar-refractivity contribution in [2.75, 3.05) is 7.11 Å². The SMILES string of the molecule is COc1cccc(CC(=O)c2cc(Br)sc2C)c1. The average Bonchev–Trinajstić information content (AvgIpc) is 2.69. The van der Waals surface area contributed by atoms with Gasteiger partial charge in [-0.15, -0.1) is 11.3 Å². The molecule has 1 aromatic heterocycles. The molecule has 4 heteroatoms. The Hall–Kier alpha value is -1.13. The number of thiophene rings is 1. The topological polar surface area (TPSA) is 26.3 Å². The summed E-state index contributed by atoms with van der Waals surface area (Å²) < 4.78 is 6.15. The van der Waals surface area contributed by atoms with Gasteiger partial charge in [0.1, 0.15) is 5.75 Å². The van der Waals surface area contributed by atoms with Crippen LogP contribution in [0.4, 0.5) is 0 Å². The Labute approximate surface area is 119 Å². The number of benzene rings is 1. The van der Waals surface area contributed by atoms with Crippen LogP contribution in [-0.4, -0.2) is 12.9 Å². The summed E-state index contributed by atoms with van der Waals surface area (Å²) in [6.07, 6.45) is 0.404. The van der Waals surface area contributed by atoms with E-state index in [-0.39, 0.29) is 5.78 Å². The van der Waals surface area contributed by atoms with Gasteiger partial charge in [0, 0.05) is 16.9 Å². The predicted molar refractivity (Wildman–Crippen MR) is 77.8 cm³/mol. The second kappa shape index (κ2) is 5.67. The number of aryl methyl sites for hydroxylation is 1. The molecule has 2 nitrogen and oxygen atoms in total. The van der Waals surface area contributed by atoms with E-state index < -0.39 is 0 Å². The summed E-state index contributed by atoms with van der Waals surface area (Å²) in [6, 6.07) is 9.51. The number of rotatable bonds is 4. The molecule has 0 N–H and O–H groups in total. The van der Waals surface area contributed by atoms with Crippen LogP contribution in [0.3, 0.4) is 0 Å². The van der Waals surface area contributed by atoms with Crippen LogP contribution in [0.15, 0.2) is 34.1 Å². The van der Waals surface area contributed by atoms with E-state index in [1.54, 1.807) is 18.4 Å². The van der Waals surface area contributed by atoms with Gasteiger partial charge in [0.05, 0.1) is 10.9 Å². The molecule has 0 radical (unpaired) electrons. The van der Waals surface area contributed by atoms with Crippen LogP contribution >= 0.6 is 27.3 Å². The lowest BCUT2D eigenvalue weighted by Gasteiger charge is -2.04. The van der Waals surface area contributed by atoms with Crippen molar-refractivity contribution in [3.63, 3.8) is 0 Å². The summed E-state index contributed by atoms with van der Waals surface area (Å²) in [6.45, 7) is 1.97. The predicted octanol–water partition coefficient (Wildman–Crippen LogP) is 4.25. The monoisotopic (exact) mass is 324 g/mol. The highest BCUT2D eigenvalue weighted by Crippen LogP contribution is 2.27. The lowest BCUT2D eigenvalue weighted by molar-refractivity contribution is 0.0993. The first-order valence-corrected chi connectivity index (χ1v) is 7.13. The van der Waals surface area contributed by atoms with Gasteiger partial charge in [-0.2, -0.15) is 0 Å². The first-order chi connectivity index (χ1) is 8.60. The van der Waals surface area contributed by atoms with E-state index in [1.807, 2.05) is 37.3 Å². The highest BCUT2D eigenvalue weighted by molar-refractivity contribution is 9.11. The molecule has 0 unspecified atom stereocenters. The lowest BCUT2D eigenvalue weighted by atomic mass is 10.0. The van der Waals surface area contributed by atoms with Crippen molar-refractivity contribution in [1.82, 2.24) is 0 Å². The molecule has 2 aromatic rings. The summed E-state index contributed by atoms with van der Waals surface area (Å²) in [5.41, 5.74) is 1.77. The molecule has 94 valence electrons. The number of Topliss-reactive ketones (excluding diaryl/α,β-unsaturated/α-hetero) is 1. The Kier molecular flexibility index (Phi) is 4.19. The number of hydrogen-bond donors (Lipinski definition) is 0. The maximum atomic E-state index is 12.2. The van der Waals surface area contributed by atoms with Gasteiger partial charge in [-0.1, -0.05) is 12.1 Å². The maximum Gasteiger partial charge on any atom is 0.168 e. The number of carbonyl (C=O) groups is 1. The quantitative estimate of drug-likeness (QED) is 0.786. The molecule has 0 aliphatic heterocycles. The van der Waals surface area contributed by atoms with Gasteiger partial charge in [0.25, 0.3) is 0 Å². The van der Waals surface area contributed by atoms with Gasteiger partial charge in [0.15, 0.2) is 5.78 Å². The molecule has 0 spiro atoms. The third-order valence-corrected chi connectivity index (χ3v) is 4.24. The van der Waals surface area contributed by atoms with Crippen molar-refractivity contribution in [1.29, 1.82) is 0 Å². The summed E-state index contributed by atoms with van der Waals surface area (Å²) in [7, 11) is 1.63. The van der Waals surface area contributed by atoms with Crippen molar-refractivity contribution in [2.45, 2.75) is 13.3 Å². The molecule has 18 heavy (non-hydrogen) atoms. The highest BCUT2D eigenvalue weighted by atomic mass is 79.9. The van der Waals surface area contributed by atoms with E-state index >= 15 is 0 Å². The van der Waals surface area contributed by atoms with Crippen LogP contribution in [0.5, 0.6) is 5.75 Å². The molecule has 0 fully saturated rings. The normalized spacial score (nSPS) is 10.4. The largest absolute Gasteiger partial charge is 0.497 e. The van der Waals surface area contributed by atoms with Crippen molar-refractivity contribution < 1.29 is 9.53 Å². The molecule has 0 atom stereocenters. The Morgan fingerprint density at radius 3 is 2.78 bits per heavy atom. The molecule has 2 rings (SSSR count). The first kappa shape index (κ1) is 13.3. The van der Waals surface area contributed by atoms with E-state index in [0.717, 1.165) is 25.5 Å². The van der Waals surface area contributed by atoms with Gasteiger partial charge in [-0.25, -0.2) is 0 Å². The molecule has 1 aromatic carbocycles. The number of carbonyl (C=O) groups excluding carboxylic acids is 1. The minimum atomic E-state index is 0.141. The van der Waals surface area contributed by atoms with Crippen LogP contribution in [0, 0.1) is 6.92 Å². The fourth-order valence-corrected chi connectivity index (χ4v) is 3.50. The zero-order valence-electron chi connectivity index (χ0n) is 10.2. The second-order valence-corrected chi connectivity index (χ2v) is 6.61. The van der Waals surface area contributed by atoms with Gasteiger partial charge >= 0.3 is 0 Å². The summed E-state index contributed by atoms with van der Waals surface area (Å²) in [5.74, 6) is 0.922. The van der Waals surface area contributed by atoms with E-state index in [9.17, 15) is 4.79 Å². The van der Waals surface area contributed by atoms with Crippen molar-refractivity contribution in [3.8, 4) is 5.75 Å². The minimum absolute atomic E-state index is 0.141. The molecular weight excluding hydrogens is 312 g/mol. The standard InChI is InChI=1S/C14H13BrO2S/c1-9-12(8-14(15)18-9)13(16)7-10-4-3-5-11(6-10)17-2/h3-6,8H,7H2,1-2H3. The third kappa shape index (κ3) is 3.00. The van der Waals surface area contributed by atoms with Crippen molar-refractivity contribution in [2.24, 2.45) is 0 Å². The second-order valence-electron chi connectivity index (χ2n) is 3.97. The summed E-state index contributed by atoms with van der Waals surface area (Å²) in [4.78, 5) is 13.2. The highest BCUT2D eigenvalue weighted by Gasteiger charge is 2.13. The third-order valence-electron chi connectivity index (χ3n) is 2.69. The molecule has 0 bridgehead atoms. The van der Waals surface area contributed by atoms with E-state index in [4.69, 9.17) is 4.74 Å². The molecule has 1 heterocycles. The van der Waals surface area contributed by atoms with E-state index in [0.29, 0.717) is 6.42 Å². The first-order valence-electron chi connectivity index (χ1n) is 5.52. The number of hydrogen-bond acceptors (Lipinski definition) is 3. The zero-order chi connectivity index (χ0) is 13.1. The maximum absolute atomic E-state index is 12.2. The number of ketones is 1. The Morgan fingerprint density at radius 2 is 2.17 bits per heavy atom. The number of ether oxygens (including phenoxy) is 1. The Bertz CT molecular complexity index is 575. The molecular formula is C14H13BrO2S. The van der Waals surface area contributed by atoms with Crippen LogP contribution < -0.4 is 4.74 Å². The molecule has 0 aliphatic rings. The molecule has 0 saturated carbocycles. The van der Waals surface area contributed by atoms with Gasteiger partial charge in [-0.05, 0) is 46.6 Å². The smallest absolute Gasteiger partial charge is 0.168 e. The molecule has 0 amide bonds. The molecule has 0 aliphatic carbocycles. The Balaban J connectivity index is 2.18. The van der Waals surface area contributed by atoms with Gasteiger partial charge < -0.3 is 4.74 Å². The minimum Gasteiger partial charge on any atom is -0.497 e. The van der Waals surface area contributed by atoms with Crippen LogP contribution in [0.2, 0.25) is 0 Å². The van der Waals surface area contributed by atoms with Crippen molar-refractivity contribution >= 4 is 33.0 Å². The lowest BCUT2D eigenvalue weighted by Crippen LogP contribution is -2.03. The summed E-state index contributed by atoms with van der Waals surface area (Å²) in [5, 5.41) is 0. The number of halogens is 1. The van der Waals surface area contributed by atoms with Crippen LogP contribution in [-0.2, 0) is 6.42 Å². The van der Waals surface area contributed by atoms with Crippen LogP contribution in [0.1, 0.15) is 20.8 Å². The number of methoxy groups -OCH3 is 1. The van der Waals surface area contributed by atoms with E-state index in [1.165, 1.54) is 0 Å². The summed E-state index contributed by atoms with van der Waals surface area (Å²) >= 11 is 4.99. The van der Waals surface area contributed by atoms with Gasteiger partial charge in [0.2, 0.25) is 0 Å². The zero-order valence-corrected chi connectivity index (χ0v) is 12.6. The van der Waals surface area contributed by atoms with Crippen molar-refractivity contribution in [3.05, 3.63) is 50.1 Å². The Morgan fingerprint density at radius 1 is 1.39 bits per heavy atom. The molecule has 0 saturated heterocycles. The van der Waals surface area contributed by atoms with Crippen LogP contribution in [0.25, 0.3) is 0 Å².